The predicted molar refractivity (Wildman–Crippen MR) is 121 cm³/mol. The number of rotatable bonds is 8. The Morgan fingerprint density at radius 2 is 1.62 bits per heavy atom. The van der Waals surface area contributed by atoms with Gasteiger partial charge in [0.25, 0.3) is 0 Å². The van der Waals surface area contributed by atoms with E-state index in [0.717, 1.165) is 17.5 Å². The van der Waals surface area contributed by atoms with E-state index in [0.29, 0.717) is 29.1 Å². The summed E-state index contributed by atoms with van der Waals surface area (Å²) in [6, 6.07) is 22.2. The molecule has 0 N–H and O–H groups in total. The van der Waals surface area contributed by atoms with E-state index in [1.807, 2.05) is 49.4 Å². The van der Waals surface area contributed by atoms with E-state index < -0.39 is 5.97 Å². The third-order valence-electron chi connectivity index (χ3n) is 4.73. The van der Waals surface area contributed by atoms with Crippen LogP contribution in [-0.4, -0.2) is 19.2 Å². The molecule has 1 heterocycles. The van der Waals surface area contributed by atoms with Crippen LogP contribution in [-0.2, 0) is 9.53 Å². The van der Waals surface area contributed by atoms with Crippen molar-refractivity contribution in [2.75, 3.05) is 13.2 Å². The lowest BCUT2D eigenvalue weighted by Gasteiger charge is -2.09. The van der Waals surface area contributed by atoms with Gasteiger partial charge in [-0.2, -0.15) is 0 Å². The van der Waals surface area contributed by atoms with Crippen molar-refractivity contribution in [2.45, 2.75) is 13.3 Å². The zero-order valence-corrected chi connectivity index (χ0v) is 17.6. The summed E-state index contributed by atoms with van der Waals surface area (Å²) in [7, 11) is 0. The highest BCUT2D eigenvalue weighted by Gasteiger charge is 2.11. The van der Waals surface area contributed by atoms with E-state index in [2.05, 4.69) is 0 Å². The fraction of sp³-hybridized carbons (Fsp3) is 0.154. The maximum Gasteiger partial charge on any atom is 0.344 e. The minimum Gasteiger partial charge on any atom is -0.482 e. The molecule has 32 heavy (non-hydrogen) atoms. The lowest BCUT2D eigenvalue weighted by Crippen LogP contribution is -2.15. The fourth-order valence-electron chi connectivity index (χ4n) is 3.12. The molecule has 4 aromatic rings. The number of hydrogen-bond acceptors (Lipinski definition) is 6. The molecule has 6 heteroatoms. The number of carbonyl (C=O) groups is 1. The number of hydrogen-bond donors (Lipinski definition) is 0. The molecule has 4 rings (SSSR count). The minimum atomic E-state index is -0.449. The SMILES string of the molecule is CCCOC(=O)COc1ccc2c(=O)c(Oc3ccc(-c4ccccc4)cc3)coc2c1. The Labute approximate surface area is 185 Å². The molecule has 0 amide bonds. The summed E-state index contributed by atoms with van der Waals surface area (Å²) in [5.74, 6) is 0.568. The summed E-state index contributed by atoms with van der Waals surface area (Å²) in [6.07, 6.45) is 2.02. The van der Waals surface area contributed by atoms with Crippen LogP contribution in [0.1, 0.15) is 13.3 Å². The van der Waals surface area contributed by atoms with Crippen molar-refractivity contribution in [3.63, 3.8) is 0 Å². The highest BCUT2D eigenvalue weighted by atomic mass is 16.6. The molecule has 0 bridgehead atoms. The second kappa shape index (κ2) is 9.83. The minimum absolute atomic E-state index is 0.0850. The zero-order valence-electron chi connectivity index (χ0n) is 17.6. The maximum absolute atomic E-state index is 12.8. The highest BCUT2D eigenvalue weighted by Crippen LogP contribution is 2.26. The first-order chi connectivity index (χ1) is 15.6. The Balaban J connectivity index is 1.47. The molecule has 0 saturated carbocycles. The van der Waals surface area contributed by atoms with Crippen molar-refractivity contribution in [1.82, 2.24) is 0 Å². The van der Waals surface area contributed by atoms with Gasteiger partial charge in [-0.1, -0.05) is 49.4 Å². The zero-order chi connectivity index (χ0) is 22.3. The number of carbonyl (C=O) groups excluding carboxylic acids is 1. The van der Waals surface area contributed by atoms with Crippen molar-refractivity contribution in [3.05, 3.63) is 89.3 Å². The van der Waals surface area contributed by atoms with Crippen molar-refractivity contribution >= 4 is 16.9 Å². The summed E-state index contributed by atoms with van der Waals surface area (Å²) < 4.78 is 21.7. The Morgan fingerprint density at radius 3 is 2.38 bits per heavy atom. The van der Waals surface area contributed by atoms with E-state index in [1.165, 1.54) is 6.26 Å². The Bertz CT molecular complexity index is 1260. The van der Waals surface area contributed by atoms with Gasteiger partial charge in [0.1, 0.15) is 23.3 Å². The van der Waals surface area contributed by atoms with Gasteiger partial charge in [0.15, 0.2) is 6.61 Å². The average Bonchev–Trinajstić information content (AvgIpc) is 2.84. The van der Waals surface area contributed by atoms with Gasteiger partial charge in [0.05, 0.1) is 12.0 Å². The van der Waals surface area contributed by atoms with Crippen LogP contribution in [0.3, 0.4) is 0 Å². The van der Waals surface area contributed by atoms with Crippen molar-refractivity contribution in [3.8, 4) is 28.4 Å². The standard InChI is InChI=1S/C26H22O6/c1-2-14-29-25(27)17-30-21-12-13-22-23(15-21)31-16-24(26(22)28)32-20-10-8-19(9-11-20)18-6-4-3-5-7-18/h3-13,15-16H,2,14,17H2,1H3. The average molecular weight is 430 g/mol. The number of fused-ring (bicyclic) bond motifs is 1. The second-order valence-corrected chi connectivity index (χ2v) is 7.09. The fourth-order valence-corrected chi connectivity index (χ4v) is 3.12. The van der Waals surface area contributed by atoms with E-state index in [4.69, 9.17) is 18.6 Å². The number of ether oxygens (including phenoxy) is 3. The van der Waals surface area contributed by atoms with Gasteiger partial charge in [-0.15, -0.1) is 0 Å². The highest BCUT2D eigenvalue weighted by molar-refractivity contribution is 5.79. The van der Waals surface area contributed by atoms with E-state index in [-0.39, 0.29) is 17.8 Å². The molecule has 0 atom stereocenters. The van der Waals surface area contributed by atoms with E-state index >= 15 is 0 Å². The van der Waals surface area contributed by atoms with Gasteiger partial charge in [0.2, 0.25) is 11.2 Å². The number of benzene rings is 3. The van der Waals surface area contributed by atoms with Crippen LogP contribution in [0.4, 0.5) is 0 Å². The smallest absolute Gasteiger partial charge is 0.344 e. The van der Waals surface area contributed by atoms with E-state index in [1.54, 1.807) is 30.3 Å². The summed E-state index contributed by atoms with van der Waals surface area (Å²) in [4.78, 5) is 24.4. The summed E-state index contributed by atoms with van der Waals surface area (Å²) in [5, 5.41) is 0.351. The molecule has 162 valence electrons. The van der Waals surface area contributed by atoms with Crippen LogP contribution >= 0.6 is 0 Å². The van der Waals surface area contributed by atoms with Crippen LogP contribution in [0.5, 0.6) is 17.2 Å². The quantitative estimate of drug-likeness (QED) is 0.340. The third kappa shape index (κ3) is 4.98. The molecule has 3 aromatic carbocycles. The molecule has 0 spiro atoms. The van der Waals surface area contributed by atoms with Gasteiger partial charge in [-0.05, 0) is 41.8 Å². The van der Waals surface area contributed by atoms with Gasteiger partial charge in [-0.3, -0.25) is 4.79 Å². The summed E-state index contributed by atoms with van der Waals surface area (Å²) >= 11 is 0. The Hall–Kier alpha value is -4.06. The molecule has 0 aliphatic heterocycles. The topological polar surface area (TPSA) is 75.0 Å². The second-order valence-electron chi connectivity index (χ2n) is 7.09. The molecule has 0 aliphatic carbocycles. The summed E-state index contributed by atoms with van der Waals surface area (Å²) in [5.41, 5.74) is 2.18. The lowest BCUT2D eigenvalue weighted by molar-refractivity contribution is -0.146. The molecular formula is C26H22O6. The van der Waals surface area contributed by atoms with E-state index in [9.17, 15) is 9.59 Å². The molecule has 0 radical (unpaired) electrons. The van der Waals surface area contributed by atoms with Gasteiger partial charge in [-0.25, -0.2) is 4.79 Å². The maximum atomic E-state index is 12.8. The Kier molecular flexibility index (Phi) is 6.51. The Morgan fingerprint density at radius 1 is 0.906 bits per heavy atom. The predicted octanol–water partition coefficient (Wildman–Crippen LogP) is 5.58. The monoisotopic (exact) mass is 430 g/mol. The molecule has 1 aromatic heterocycles. The van der Waals surface area contributed by atoms with Gasteiger partial charge >= 0.3 is 5.97 Å². The molecule has 0 unspecified atom stereocenters. The molecule has 0 fully saturated rings. The first-order valence-corrected chi connectivity index (χ1v) is 10.3. The van der Waals surface area contributed by atoms with Crippen LogP contribution in [0.15, 0.2) is 88.3 Å². The van der Waals surface area contributed by atoms with Crippen LogP contribution < -0.4 is 14.9 Å². The normalized spacial score (nSPS) is 10.7. The largest absolute Gasteiger partial charge is 0.482 e. The van der Waals surface area contributed by atoms with Crippen LogP contribution in [0.25, 0.3) is 22.1 Å². The summed E-state index contributed by atoms with van der Waals surface area (Å²) in [6.45, 7) is 2.06. The first kappa shape index (κ1) is 21.2. The van der Waals surface area contributed by atoms with Gasteiger partial charge in [0, 0.05) is 6.07 Å². The van der Waals surface area contributed by atoms with Gasteiger partial charge < -0.3 is 18.6 Å². The molecule has 0 saturated heterocycles. The number of esters is 1. The van der Waals surface area contributed by atoms with Crippen molar-refractivity contribution < 1.29 is 23.4 Å². The van der Waals surface area contributed by atoms with Crippen LogP contribution in [0.2, 0.25) is 0 Å². The van der Waals surface area contributed by atoms with Crippen molar-refractivity contribution in [1.29, 1.82) is 0 Å². The molecular weight excluding hydrogens is 408 g/mol. The molecule has 6 nitrogen and oxygen atoms in total. The van der Waals surface area contributed by atoms with Crippen molar-refractivity contribution in [2.24, 2.45) is 0 Å². The first-order valence-electron chi connectivity index (χ1n) is 10.3. The molecule has 0 aliphatic rings. The third-order valence-corrected chi connectivity index (χ3v) is 4.73. The van der Waals surface area contributed by atoms with Crippen LogP contribution in [0, 0.1) is 0 Å². The lowest BCUT2D eigenvalue weighted by atomic mass is 10.1.